The molecule has 1 aliphatic heterocycles. The number of hydrogen-bond acceptors (Lipinski definition) is 4. The number of amides is 1. The monoisotopic (exact) mass is 274 g/mol. The molecule has 6 heteroatoms. The Kier molecular flexibility index (Phi) is 3.40. The standard InChI is InChI=1S/C14H18N4O2/c1-2-18-13-4-3-10(9-12(13)15-16-18)14(20)17-7-5-11(19)6-8-17/h3-4,9,11,19H,2,5-8H2,1H3. The number of nitrogens with zero attached hydrogens (tertiary/aromatic N) is 4. The van der Waals surface area contributed by atoms with Crippen LogP contribution in [0.3, 0.4) is 0 Å². The van der Waals surface area contributed by atoms with Gasteiger partial charge in [-0.1, -0.05) is 5.21 Å². The second-order valence-electron chi connectivity index (χ2n) is 5.13. The highest BCUT2D eigenvalue weighted by molar-refractivity contribution is 5.97. The molecule has 1 saturated heterocycles. The van der Waals surface area contributed by atoms with E-state index in [0.29, 0.717) is 31.5 Å². The predicted molar refractivity (Wildman–Crippen MR) is 74.3 cm³/mol. The fraction of sp³-hybridized carbons (Fsp3) is 0.500. The first-order valence-electron chi connectivity index (χ1n) is 6.99. The molecule has 0 atom stereocenters. The summed E-state index contributed by atoms with van der Waals surface area (Å²) >= 11 is 0. The van der Waals surface area contributed by atoms with Gasteiger partial charge in [0.05, 0.1) is 11.6 Å². The Morgan fingerprint density at radius 1 is 1.40 bits per heavy atom. The summed E-state index contributed by atoms with van der Waals surface area (Å²) in [7, 11) is 0. The Morgan fingerprint density at radius 3 is 2.85 bits per heavy atom. The van der Waals surface area contributed by atoms with Gasteiger partial charge >= 0.3 is 0 Å². The first-order valence-corrected chi connectivity index (χ1v) is 6.99. The Labute approximate surface area is 117 Å². The van der Waals surface area contributed by atoms with Crippen molar-refractivity contribution in [1.29, 1.82) is 0 Å². The Balaban J connectivity index is 1.84. The average Bonchev–Trinajstić information content (AvgIpc) is 2.89. The van der Waals surface area contributed by atoms with Crippen molar-refractivity contribution >= 4 is 16.9 Å². The van der Waals surface area contributed by atoms with Gasteiger partial charge in [-0.05, 0) is 38.0 Å². The molecule has 0 saturated carbocycles. The van der Waals surface area contributed by atoms with E-state index in [0.717, 1.165) is 17.6 Å². The first kappa shape index (κ1) is 13.1. The molecular weight excluding hydrogens is 256 g/mol. The number of aliphatic hydroxyl groups is 1. The molecule has 0 radical (unpaired) electrons. The number of aliphatic hydroxyl groups excluding tert-OH is 1. The molecule has 6 nitrogen and oxygen atoms in total. The third-order valence-electron chi connectivity index (χ3n) is 3.81. The molecule has 20 heavy (non-hydrogen) atoms. The number of piperidine rings is 1. The Bertz CT molecular complexity index is 629. The lowest BCUT2D eigenvalue weighted by atomic mass is 10.1. The van der Waals surface area contributed by atoms with Crippen LogP contribution in [0.4, 0.5) is 0 Å². The van der Waals surface area contributed by atoms with E-state index >= 15 is 0 Å². The van der Waals surface area contributed by atoms with Crippen molar-refractivity contribution in [2.24, 2.45) is 0 Å². The van der Waals surface area contributed by atoms with E-state index in [1.807, 2.05) is 19.1 Å². The van der Waals surface area contributed by atoms with Crippen LogP contribution < -0.4 is 0 Å². The molecule has 2 aromatic rings. The quantitative estimate of drug-likeness (QED) is 0.888. The molecule has 1 aliphatic rings. The van der Waals surface area contributed by atoms with Crippen LogP contribution >= 0.6 is 0 Å². The van der Waals surface area contributed by atoms with E-state index in [-0.39, 0.29) is 12.0 Å². The molecule has 106 valence electrons. The number of fused-ring (bicyclic) bond motifs is 1. The van der Waals surface area contributed by atoms with Crippen LogP contribution in [0.2, 0.25) is 0 Å². The van der Waals surface area contributed by atoms with Crippen molar-refractivity contribution in [3.8, 4) is 0 Å². The maximum Gasteiger partial charge on any atom is 0.253 e. The molecule has 0 unspecified atom stereocenters. The van der Waals surface area contributed by atoms with Gasteiger partial charge in [-0.2, -0.15) is 0 Å². The van der Waals surface area contributed by atoms with Gasteiger partial charge in [0.1, 0.15) is 5.52 Å². The highest BCUT2D eigenvalue weighted by atomic mass is 16.3. The number of carbonyl (C=O) groups is 1. The molecule has 1 aromatic heterocycles. The van der Waals surface area contributed by atoms with Crippen LogP contribution in [-0.2, 0) is 6.54 Å². The number of rotatable bonds is 2. The highest BCUT2D eigenvalue weighted by Crippen LogP contribution is 2.17. The van der Waals surface area contributed by atoms with Crippen LogP contribution in [0.15, 0.2) is 18.2 Å². The van der Waals surface area contributed by atoms with Crippen LogP contribution in [-0.4, -0.2) is 50.1 Å². The molecular formula is C14H18N4O2. The van der Waals surface area contributed by atoms with Crippen LogP contribution in [0.25, 0.3) is 11.0 Å². The zero-order chi connectivity index (χ0) is 14.1. The Hall–Kier alpha value is -1.95. The fourth-order valence-corrected chi connectivity index (χ4v) is 2.59. The maximum atomic E-state index is 12.4. The minimum Gasteiger partial charge on any atom is -0.393 e. The second kappa shape index (κ2) is 5.20. The number of likely N-dealkylation sites (tertiary alicyclic amines) is 1. The molecule has 1 amide bonds. The molecule has 3 rings (SSSR count). The summed E-state index contributed by atoms with van der Waals surface area (Å²) in [6.45, 7) is 3.99. The van der Waals surface area contributed by atoms with Crippen molar-refractivity contribution in [3.63, 3.8) is 0 Å². The highest BCUT2D eigenvalue weighted by Gasteiger charge is 2.22. The number of carbonyl (C=O) groups excluding carboxylic acids is 1. The van der Waals surface area contributed by atoms with E-state index in [9.17, 15) is 9.90 Å². The van der Waals surface area contributed by atoms with Crippen molar-refractivity contribution in [1.82, 2.24) is 19.9 Å². The number of aryl methyl sites for hydroxylation is 1. The van der Waals surface area contributed by atoms with Crippen molar-refractivity contribution < 1.29 is 9.90 Å². The smallest absolute Gasteiger partial charge is 0.253 e. The third-order valence-corrected chi connectivity index (χ3v) is 3.81. The molecule has 1 N–H and O–H groups in total. The fourth-order valence-electron chi connectivity index (χ4n) is 2.59. The van der Waals surface area contributed by atoms with Gasteiger partial charge in [0.25, 0.3) is 5.91 Å². The van der Waals surface area contributed by atoms with E-state index in [1.165, 1.54) is 0 Å². The zero-order valence-electron chi connectivity index (χ0n) is 11.5. The van der Waals surface area contributed by atoms with Gasteiger partial charge in [-0.3, -0.25) is 4.79 Å². The Morgan fingerprint density at radius 2 is 2.15 bits per heavy atom. The van der Waals surface area contributed by atoms with Gasteiger partial charge in [0.15, 0.2) is 0 Å². The van der Waals surface area contributed by atoms with Gasteiger partial charge in [-0.15, -0.1) is 5.10 Å². The van der Waals surface area contributed by atoms with Crippen molar-refractivity contribution in [2.75, 3.05) is 13.1 Å². The predicted octanol–water partition coefficient (Wildman–Crippen LogP) is 1.05. The molecule has 2 heterocycles. The van der Waals surface area contributed by atoms with Gasteiger partial charge in [0.2, 0.25) is 0 Å². The lowest BCUT2D eigenvalue weighted by Crippen LogP contribution is -2.40. The molecule has 0 aliphatic carbocycles. The van der Waals surface area contributed by atoms with E-state index in [2.05, 4.69) is 10.3 Å². The van der Waals surface area contributed by atoms with Crippen LogP contribution in [0, 0.1) is 0 Å². The normalized spacial score (nSPS) is 16.8. The summed E-state index contributed by atoms with van der Waals surface area (Å²) in [5.74, 6) is 0.00449. The van der Waals surface area contributed by atoms with E-state index < -0.39 is 0 Å². The minimum atomic E-state index is -0.272. The lowest BCUT2D eigenvalue weighted by molar-refractivity contribution is 0.0546. The maximum absolute atomic E-state index is 12.4. The summed E-state index contributed by atoms with van der Waals surface area (Å²) < 4.78 is 1.81. The summed E-state index contributed by atoms with van der Waals surface area (Å²) in [6, 6.07) is 5.51. The number of aromatic nitrogens is 3. The first-order chi connectivity index (χ1) is 9.69. The van der Waals surface area contributed by atoms with E-state index in [1.54, 1.807) is 15.6 Å². The van der Waals surface area contributed by atoms with Gasteiger partial charge in [-0.25, -0.2) is 4.68 Å². The van der Waals surface area contributed by atoms with Crippen LogP contribution in [0.1, 0.15) is 30.1 Å². The van der Waals surface area contributed by atoms with Crippen molar-refractivity contribution in [3.05, 3.63) is 23.8 Å². The zero-order valence-corrected chi connectivity index (χ0v) is 11.5. The van der Waals surface area contributed by atoms with Gasteiger partial charge in [0, 0.05) is 25.2 Å². The van der Waals surface area contributed by atoms with E-state index in [4.69, 9.17) is 0 Å². The summed E-state index contributed by atoms with van der Waals surface area (Å²) in [4.78, 5) is 14.2. The third kappa shape index (κ3) is 2.27. The number of benzene rings is 1. The summed E-state index contributed by atoms with van der Waals surface area (Å²) in [6.07, 6.45) is 1.03. The molecule has 1 fully saturated rings. The largest absolute Gasteiger partial charge is 0.393 e. The molecule has 1 aromatic carbocycles. The number of hydrogen-bond donors (Lipinski definition) is 1. The van der Waals surface area contributed by atoms with Crippen LogP contribution in [0.5, 0.6) is 0 Å². The molecule has 0 spiro atoms. The topological polar surface area (TPSA) is 71.2 Å². The minimum absolute atomic E-state index is 0.00449. The van der Waals surface area contributed by atoms with Gasteiger partial charge < -0.3 is 10.0 Å². The molecule has 0 bridgehead atoms. The second-order valence-corrected chi connectivity index (χ2v) is 5.13. The van der Waals surface area contributed by atoms with Crippen molar-refractivity contribution in [2.45, 2.75) is 32.4 Å². The summed E-state index contributed by atoms with van der Waals surface area (Å²) in [5, 5.41) is 17.6. The average molecular weight is 274 g/mol. The SMILES string of the molecule is CCn1nnc2cc(C(=O)N3CCC(O)CC3)ccc21. The lowest BCUT2D eigenvalue weighted by Gasteiger charge is -2.29. The summed E-state index contributed by atoms with van der Waals surface area (Å²) in [5.41, 5.74) is 2.32.